The van der Waals surface area contributed by atoms with E-state index >= 15 is 0 Å². The van der Waals surface area contributed by atoms with E-state index in [1.54, 1.807) is 14.2 Å². The standard InChI is InChI=1S/C20H34N4O2/c1-7-21-20(23-17-13-24(14(2)3)12-15(17)4)22-11-16-8-9-18(25-5)19(10-16)26-6/h8-10,14-15,17H,7,11-13H2,1-6H3,(H2,21,22,23). The number of ether oxygens (including phenoxy) is 2. The SMILES string of the molecule is CCNC(=NCc1ccc(OC)c(OC)c1)NC1CN(C(C)C)CC1C. The lowest BCUT2D eigenvalue weighted by Crippen LogP contribution is -2.46. The minimum absolute atomic E-state index is 0.417. The predicted octanol–water partition coefficient (Wildman–Crippen LogP) is 2.49. The van der Waals surface area contributed by atoms with Gasteiger partial charge in [-0.2, -0.15) is 0 Å². The summed E-state index contributed by atoms with van der Waals surface area (Å²) in [5.41, 5.74) is 1.09. The van der Waals surface area contributed by atoms with E-state index in [-0.39, 0.29) is 0 Å². The van der Waals surface area contributed by atoms with Crippen molar-refractivity contribution in [2.24, 2.45) is 10.9 Å². The Bertz CT molecular complexity index is 603. The van der Waals surface area contributed by atoms with Crippen molar-refractivity contribution in [3.8, 4) is 11.5 Å². The highest BCUT2D eigenvalue weighted by atomic mass is 16.5. The summed E-state index contributed by atoms with van der Waals surface area (Å²) in [7, 11) is 3.30. The van der Waals surface area contributed by atoms with E-state index in [0.29, 0.717) is 24.5 Å². The molecule has 0 spiro atoms. The zero-order valence-electron chi connectivity index (χ0n) is 17.0. The van der Waals surface area contributed by atoms with Crippen LogP contribution < -0.4 is 20.1 Å². The van der Waals surface area contributed by atoms with Crippen LogP contribution in [0.3, 0.4) is 0 Å². The van der Waals surface area contributed by atoms with Crippen molar-refractivity contribution < 1.29 is 9.47 Å². The van der Waals surface area contributed by atoms with Crippen LogP contribution in [0.4, 0.5) is 0 Å². The van der Waals surface area contributed by atoms with Crippen LogP contribution in [0.25, 0.3) is 0 Å². The van der Waals surface area contributed by atoms with Crippen molar-refractivity contribution in [1.82, 2.24) is 15.5 Å². The summed E-state index contributed by atoms with van der Waals surface area (Å²) in [5, 5.41) is 6.97. The quantitative estimate of drug-likeness (QED) is 0.576. The van der Waals surface area contributed by atoms with Crippen LogP contribution >= 0.6 is 0 Å². The minimum Gasteiger partial charge on any atom is -0.493 e. The summed E-state index contributed by atoms with van der Waals surface area (Å²) in [6, 6.07) is 6.91. The van der Waals surface area contributed by atoms with Crippen LogP contribution in [0.1, 0.15) is 33.3 Å². The van der Waals surface area contributed by atoms with Crippen LogP contribution in [0.5, 0.6) is 11.5 Å². The minimum atomic E-state index is 0.417. The van der Waals surface area contributed by atoms with Crippen LogP contribution in [-0.4, -0.2) is 56.8 Å². The Hall–Kier alpha value is -1.95. The monoisotopic (exact) mass is 362 g/mol. The van der Waals surface area contributed by atoms with Crippen molar-refractivity contribution >= 4 is 5.96 Å². The van der Waals surface area contributed by atoms with Gasteiger partial charge in [0, 0.05) is 31.7 Å². The maximum absolute atomic E-state index is 5.38. The lowest BCUT2D eigenvalue weighted by Gasteiger charge is -2.22. The van der Waals surface area contributed by atoms with Crippen molar-refractivity contribution in [2.75, 3.05) is 33.9 Å². The van der Waals surface area contributed by atoms with Gasteiger partial charge in [0.1, 0.15) is 0 Å². The summed E-state index contributed by atoms with van der Waals surface area (Å²) < 4.78 is 10.7. The smallest absolute Gasteiger partial charge is 0.191 e. The van der Waals surface area contributed by atoms with Crippen molar-refractivity contribution in [2.45, 2.75) is 46.3 Å². The molecule has 2 unspecified atom stereocenters. The molecule has 1 saturated heterocycles. The number of benzene rings is 1. The first-order valence-electron chi connectivity index (χ1n) is 9.48. The van der Waals surface area contributed by atoms with Gasteiger partial charge >= 0.3 is 0 Å². The van der Waals surface area contributed by atoms with Crippen LogP contribution in [0, 0.1) is 5.92 Å². The van der Waals surface area contributed by atoms with Crippen molar-refractivity contribution in [3.63, 3.8) is 0 Å². The van der Waals surface area contributed by atoms with E-state index in [1.807, 2.05) is 18.2 Å². The highest BCUT2D eigenvalue weighted by molar-refractivity contribution is 5.80. The molecule has 1 aromatic rings. The number of hydrogen-bond donors (Lipinski definition) is 2. The Morgan fingerprint density at radius 2 is 1.96 bits per heavy atom. The molecule has 1 aromatic carbocycles. The topological polar surface area (TPSA) is 58.1 Å². The van der Waals surface area contributed by atoms with Gasteiger partial charge in [-0.1, -0.05) is 13.0 Å². The Kier molecular flexibility index (Phi) is 7.57. The van der Waals surface area contributed by atoms with E-state index < -0.39 is 0 Å². The molecule has 2 rings (SSSR count). The molecule has 1 aliphatic heterocycles. The number of nitrogens with zero attached hydrogens (tertiary/aromatic N) is 2. The molecule has 0 aliphatic carbocycles. The van der Waals surface area contributed by atoms with Crippen molar-refractivity contribution in [1.29, 1.82) is 0 Å². The second kappa shape index (κ2) is 9.67. The first-order chi connectivity index (χ1) is 12.5. The van der Waals surface area contributed by atoms with Gasteiger partial charge in [0.25, 0.3) is 0 Å². The fraction of sp³-hybridized carbons (Fsp3) is 0.650. The van der Waals surface area contributed by atoms with E-state index in [2.05, 4.69) is 43.2 Å². The Labute approximate surface area is 158 Å². The lowest BCUT2D eigenvalue weighted by atomic mass is 10.1. The molecule has 146 valence electrons. The highest BCUT2D eigenvalue weighted by Gasteiger charge is 2.31. The van der Waals surface area contributed by atoms with Gasteiger partial charge in [-0.15, -0.1) is 0 Å². The van der Waals surface area contributed by atoms with Crippen molar-refractivity contribution in [3.05, 3.63) is 23.8 Å². The maximum Gasteiger partial charge on any atom is 0.191 e. The first-order valence-corrected chi connectivity index (χ1v) is 9.48. The normalized spacial score (nSPS) is 21.1. The fourth-order valence-corrected chi connectivity index (χ4v) is 3.26. The zero-order valence-corrected chi connectivity index (χ0v) is 17.0. The van der Waals surface area contributed by atoms with Crippen LogP contribution in [0.2, 0.25) is 0 Å². The summed E-state index contributed by atoms with van der Waals surface area (Å²) in [6.07, 6.45) is 0. The Morgan fingerprint density at radius 1 is 1.23 bits per heavy atom. The average molecular weight is 363 g/mol. The fourth-order valence-electron chi connectivity index (χ4n) is 3.26. The summed E-state index contributed by atoms with van der Waals surface area (Å²) >= 11 is 0. The molecule has 0 bridgehead atoms. The van der Waals surface area contributed by atoms with E-state index in [1.165, 1.54) is 0 Å². The molecule has 6 nitrogen and oxygen atoms in total. The van der Waals surface area contributed by atoms with Crippen LogP contribution in [-0.2, 0) is 6.54 Å². The molecule has 1 aliphatic rings. The third-order valence-corrected chi connectivity index (χ3v) is 4.90. The zero-order chi connectivity index (χ0) is 19.1. The number of aliphatic imine (C=N–C) groups is 1. The van der Waals surface area contributed by atoms with E-state index in [0.717, 1.165) is 42.7 Å². The second-order valence-electron chi connectivity index (χ2n) is 7.16. The summed E-state index contributed by atoms with van der Waals surface area (Å²) in [5.74, 6) is 2.93. The molecule has 1 heterocycles. The van der Waals surface area contributed by atoms with Gasteiger partial charge < -0.3 is 20.1 Å². The maximum atomic E-state index is 5.38. The molecule has 2 N–H and O–H groups in total. The number of guanidine groups is 1. The number of hydrogen-bond acceptors (Lipinski definition) is 4. The number of likely N-dealkylation sites (tertiary alicyclic amines) is 1. The van der Waals surface area contributed by atoms with Gasteiger partial charge in [-0.05, 0) is 44.4 Å². The third kappa shape index (κ3) is 5.27. The molecule has 0 saturated carbocycles. The molecular weight excluding hydrogens is 328 g/mol. The van der Waals surface area contributed by atoms with Gasteiger partial charge in [0.15, 0.2) is 17.5 Å². The predicted molar refractivity (Wildman–Crippen MR) is 107 cm³/mol. The van der Waals surface area contributed by atoms with Gasteiger partial charge in [-0.3, -0.25) is 4.90 Å². The largest absolute Gasteiger partial charge is 0.493 e. The van der Waals surface area contributed by atoms with Gasteiger partial charge in [0.05, 0.1) is 20.8 Å². The Morgan fingerprint density at radius 3 is 2.54 bits per heavy atom. The summed E-state index contributed by atoms with van der Waals surface area (Å²) in [6.45, 7) is 12.5. The highest BCUT2D eigenvalue weighted by Crippen LogP contribution is 2.27. The first kappa shape index (κ1) is 20.4. The molecule has 0 amide bonds. The van der Waals surface area contributed by atoms with E-state index in [9.17, 15) is 0 Å². The van der Waals surface area contributed by atoms with Gasteiger partial charge in [-0.25, -0.2) is 4.99 Å². The Balaban J connectivity index is 2.05. The molecular formula is C20H34N4O2. The molecule has 2 atom stereocenters. The summed E-state index contributed by atoms with van der Waals surface area (Å²) in [4.78, 5) is 7.28. The molecule has 26 heavy (non-hydrogen) atoms. The van der Waals surface area contributed by atoms with E-state index in [4.69, 9.17) is 14.5 Å². The third-order valence-electron chi connectivity index (χ3n) is 4.90. The van der Waals surface area contributed by atoms with Gasteiger partial charge in [0.2, 0.25) is 0 Å². The number of nitrogens with one attached hydrogen (secondary N) is 2. The molecule has 0 radical (unpaired) electrons. The lowest BCUT2D eigenvalue weighted by molar-refractivity contribution is 0.265. The second-order valence-corrected chi connectivity index (χ2v) is 7.16. The number of rotatable bonds is 7. The molecule has 1 fully saturated rings. The molecule has 6 heteroatoms. The molecule has 0 aromatic heterocycles. The number of methoxy groups -OCH3 is 2. The average Bonchev–Trinajstić information content (AvgIpc) is 3.00. The van der Waals surface area contributed by atoms with Crippen LogP contribution in [0.15, 0.2) is 23.2 Å².